The number of hydrogen-bond donors (Lipinski definition) is 4. The number of halogens is 1. The Morgan fingerprint density at radius 1 is 1.44 bits per heavy atom. The third-order valence-electron chi connectivity index (χ3n) is 4.37. The largest absolute Gasteiger partial charge is 0.368 e. The van der Waals surface area contributed by atoms with Gasteiger partial charge in [0.05, 0.1) is 6.33 Å². The molecule has 3 atom stereocenters. The number of fused-ring (bicyclic) bond motifs is 1. The van der Waals surface area contributed by atoms with E-state index in [-0.39, 0.29) is 18.9 Å². The molecule has 0 unspecified atom stereocenters. The van der Waals surface area contributed by atoms with Gasteiger partial charge in [0.25, 0.3) is 0 Å². The predicted molar refractivity (Wildman–Crippen MR) is 86.3 cm³/mol. The van der Waals surface area contributed by atoms with E-state index in [1.807, 2.05) is 0 Å². The smallest absolute Gasteiger partial charge is 0.354 e. The first-order valence-electron chi connectivity index (χ1n) is 7.91. The molecule has 25 heavy (non-hydrogen) atoms. The van der Waals surface area contributed by atoms with Crippen LogP contribution in [0.3, 0.4) is 0 Å². The van der Waals surface area contributed by atoms with Gasteiger partial charge >= 0.3 is 7.60 Å². The van der Waals surface area contributed by atoms with Crippen molar-refractivity contribution in [3.05, 3.63) is 6.33 Å². The molecule has 0 radical (unpaired) electrons. The molecule has 1 aliphatic heterocycles. The van der Waals surface area contributed by atoms with Gasteiger partial charge in [-0.1, -0.05) is 0 Å². The van der Waals surface area contributed by atoms with Gasteiger partial charge in [0.2, 0.25) is 12.3 Å². The van der Waals surface area contributed by atoms with Gasteiger partial charge < -0.3 is 30.1 Å². The Morgan fingerprint density at radius 3 is 2.84 bits per heavy atom. The van der Waals surface area contributed by atoms with Gasteiger partial charge in [-0.25, -0.2) is 9.37 Å². The van der Waals surface area contributed by atoms with Crippen LogP contribution in [0.2, 0.25) is 0 Å². The minimum absolute atomic E-state index is 0.0740. The number of nitrogens with one attached hydrogen (secondary N) is 1. The Bertz CT molecular complexity index is 852. The Balaban J connectivity index is 1.59. The summed E-state index contributed by atoms with van der Waals surface area (Å²) in [6, 6.07) is 0.352. The molecule has 10 nitrogen and oxygen atoms in total. The van der Waals surface area contributed by atoms with Crippen LogP contribution in [0.4, 0.5) is 16.2 Å². The molecule has 1 saturated carbocycles. The average molecular weight is 372 g/mol. The molecule has 2 aromatic heterocycles. The molecule has 3 heterocycles. The number of aromatic nitrogens is 4. The highest BCUT2D eigenvalue weighted by Crippen LogP contribution is 2.50. The van der Waals surface area contributed by atoms with E-state index in [0.717, 1.165) is 12.8 Å². The van der Waals surface area contributed by atoms with Crippen molar-refractivity contribution in [2.24, 2.45) is 5.92 Å². The maximum Gasteiger partial charge on any atom is 0.354 e. The first-order chi connectivity index (χ1) is 11.8. The summed E-state index contributed by atoms with van der Waals surface area (Å²) >= 11 is 0. The fourth-order valence-corrected chi connectivity index (χ4v) is 3.75. The molecule has 0 spiro atoms. The predicted octanol–water partition coefficient (Wildman–Crippen LogP) is 0.819. The van der Waals surface area contributed by atoms with Gasteiger partial charge in [0, 0.05) is 18.5 Å². The number of rotatable bonds is 5. The standard InChI is InChI=1S/C13H18FN6O4P/c14-10-6(3-8(24-10)25(21,22)23)4-20-5-16-9-11(17-7-1-2-7)18-13(15)19-12(9)20/h5-8,10H,1-4H2,(H2,21,22,23)(H3,15,17,18,19)/t6-,8+,10+/m1/s1. The van der Waals surface area contributed by atoms with Crippen molar-refractivity contribution in [1.82, 2.24) is 19.5 Å². The van der Waals surface area contributed by atoms with E-state index < -0.39 is 25.7 Å². The maximum atomic E-state index is 14.0. The van der Waals surface area contributed by atoms with Crippen LogP contribution < -0.4 is 11.1 Å². The van der Waals surface area contributed by atoms with Gasteiger partial charge in [-0.3, -0.25) is 4.57 Å². The summed E-state index contributed by atoms with van der Waals surface area (Å²) in [7, 11) is -4.49. The summed E-state index contributed by atoms with van der Waals surface area (Å²) in [5, 5.41) is 3.23. The third-order valence-corrected chi connectivity index (χ3v) is 5.45. The van der Waals surface area contributed by atoms with Crippen LogP contribution >= 0.6 is 7.60 Å². The minimum Gasteiger partial charge on any atom is -0.368 e. The van der Waals surface area contributed by atoms with Crippen LogP contribution in [0.25, 0.3) is 11.2 Å². The van der Waals surface area contributed by atoms with E-state index in [2.05, 4.69) is 20.3 Å². The second kappa shape index (κ2) is 5.87. The summed E-state index contributed by atoms with van der Waals surface area (Å²) in [4.78, 5) is 30.9. The third kappa shape index (κ3) is 3.32. The number of nitrogens with two attached hydrogens (primary N) is 1. The van der Waals surface area contributed by atoms with Crippen LogP contribution in [-0.2, 0) is 15.8 Å². The Labute approximate surface area is 141 Å². The van der Waals surface area contributed by atoms with E-state index in [1.165, 1.54) is 6.33 Å². The summed E-state index contributed by atoms with van der Waals surface area (Å²) in [6.07, 6.45) is 1.75. The second-order valence-corrected chi connectivity index (χ2v) is 8.20. The number of anilines is 2. The molecule has 2 aromatic rings. The Kier molecular flexibility index (Phi) is 3.91. The highest BCUT2D eigenvalue weighted by atomic mass is 31.2. The summed E-state index contributed by atoms with van der Waals surface area (Å²) in [5.74, 6) is -1.53. The fraction of sp³-hybridized carbons (Fsp3) is 0.615. The van der Waals surface area contributed by atoms with Crippen molar-refractivity contribution in [2.45, 2.75) is 44.1 Å². The van der Waals surface area contributed by atoms with Gasteiger partial charge in [0.15, 0.2) is 22.8 Å². The molecule has 12 heteroatoms. The number of imidazole rings is 1. The molecule has 2 aliphatic rings. The van der Waals surface area contributed by atoms with E-state index in [4.69, 9.17) is 20.3 Å². The first-order valence-corrected chi connectivity index (χ1v) is 9.59. The zero-order valence-electron chi connectivity index (χ0n) is 13.1. The summed E-state index contributed by atoms with van der Waals surface area (Å²) in [5.41, 5.74) is 6.73. The number of alkyl halides is 1. The first kappa shape index (κ1) is 16.6. The van der Waals surface area contributed by atoms with Gasteiger partial charge in [0.1, 0.15) is 0 Å². The van der Waals surface area contributed by atoms with Crippen molar-refractivity contribution in [3.63, 3.8) is 0 Å². The lowest BCUT2D eigenvalue weighted by atomic mass is 10.1. The van der Waals surface area contributed by atoms with Crippen molar-refractivity contribution < 1.29 is 23.5 Å². The van der Waals surface area contributed by atoms with Crippen LogP contribution in [-0.4, -0.2) is 47.6 Å². The van der Waals surface area contributed by atoms with Gasteiger partial charge in [-0.05, 0) is 19.3 Å². The van der Waals surface area contributed by atoms with Crippen molar-refractivity contribution in [1.29, 1.82) is 0 Å². The van der Waals surface area contributed by atoms with Crippen LogP contribution in [0.1, 0.15) is 19.3 Å². The van der Waals surface area contributed by atoms with Crippen molar-refractivity contribution in [3.8, 4) is 0 Å². The van der Waals surface area contributed by atoms with Crippen LogP contribution in [0, 0.1) is 5.92 Å². The van der Waals surface area contributed by atoms with Crippen molar-refractivity contribution in [2.75, 3.05) is 11.1 Å². The average Bonchev–Trinajstić information content (AvgIpc) is 3.12. The lowest BCUT2D eigenvalue weighted by molar-refractivity contribution is -0.0352. The molecule has 0 aromatic carbocycles. The van der Waals surface area contributed by atoms with Gasteiger partial charge in [-0.2, -0.15) is 9.97 Å². The number of hydrogen-bond acceptors (Lipinski definition) is 7. The molecule has 136 valence electrons. The molecule has 1 aliphatic carbocycles. The molecular formula is C13H18FN6O4P. The highest BCUT2D eigenvalue weighted by Gasteiger charge is 2.44. The van der Waals surface area contributed by atoms with E-state index in [9.17, 15) is 8.96 Å². The molecule has 1 saturated heterocycles. The second-order valence-electron chi connectivity index (χ2n) is 6.44. The Morgan fingerprint density at radius 2 is 2.20 bits per heavy atom. The number of ether oxygens (including phenoxy) is 1. The summed E-state index contributed by atoms with van der Waals surface area (Å²) in [6.45, 7) is 0.119. The van der Waals surface area contributed by atoms with Crippen molar-refractivity contribution >= 4 is 30.5 Å². The molecule has 5 N–H and O–H groups in total. The molecule has 0 bridgehead atoms. The zero-order valence-corrected chi connectivity index (χ0v) is 14.0. The summed E-state index contributed by atoms with van der Waals surface area (Å²) < 4.78 is 31.7. The molecular weight excluding hydrogens is 354 g/mol. The van der Waals surface area contributed by atoms with Gasteiger partial charge in [-0.15, -0.1) is 0 Å². The lowest BCUT2D eigenvalue weighted by Gasteiger charge is -2.12. The Hall–Kier alpha value is -1.81. The lowest BCUT2D eigenvalue weighted by Crippen LogP contribution is -2.17. The molecule has 0 amide bonds. The molecule has 2 fully saturated rings. The van der Waals surface area contributed by atoms with E-state index in [1.54, 1.807) is 4.57 Å². The normalized spacial score (nSPS) is 27.1. The van der Waals surface area contributed by atoms with Crippen LogP contribution in [0.5, 0.6) is 0 Å². The molecule has 4 rings (SSSR count). The van der Waals surface area contributed by atoms with E-state index in [0.29, 0.717) is 23.0 Å². The fourth-order valence-electron chi connectivity index (χ4n) is 2.93. The monoisotopic (exact) mass is 372 g/mol. The van der Waals surface area contributed by atoms with E-state index >= 15 is 0 Å². The number of nitrogen functional groups attached to an aromatic ring is 1. The number of nitrogens with zero attached hydrogens (tertiary/aromatic N) is 4. The minimum atomic E-state index is -4.49. The quantitative estimate of drug-likeness (QED) is 0.560. The highest BCUT2D eigenvalue weighted by molar-refractivity contribution is 7.52. The maximum absolute atomic E-state index is 14.0. The SMILES string of the molecule is Nc1nc(NC2CC2)c2ncn(C[C@H]3C[C@H](P(=O)(O)O)O[C@@H]3F)c2n1. The zero-order chi connectivity index (χ0) is 17.8. The topological polar surface area (TPSA) is 148 Å². The van der Waals surface area contributed by atoms with Crippen LogP contribution in [0.15, 0.2) is 6.33 Å².